The molecule has 2 N–H and O–H groups in total. The van der Waals surface area contributed by atoms with Gasteiger partial charge in [0.1, 0.15) is 17.2 Å². The van der Waals surface area contributed by atoms with Crippen LogP contribution in [0.2, 0.25) is 0 Å². The minimum absolute atomic E-state index is 0.0575. The number of aliphatic hydroxyl groups excluding tert-OH is 1. The average molecular weight is 361 g/mol. The molecule has 5 nitrogen and oxygen atoms in total. The van der Waals surface area contributed by atoms with Gasteiger partial charge in [0.2, 0.25) is 0 Å². The number of rotatable bonds is 5. The minimum Gasteiger partial charge on any atom is -0.457 e. The van der Waals surface area contributed by atoms with Crippen LogP contribution in [-0.2, 0) is 6.54 Å². The molecule has 1 unspecified atom stereocenters. The number of hydrogen-bond acceptors (Lipinski definition) is 4. The zero-order valence-corrected chi connectivity index (χ0v) is 15.6. The van der Waals surface area contributed by atoms with Crippen LogP contribution in [-0.4, -0.2) is 27.1 Å². The molecule has 0 fully saturated rings. The Hall–Kier alpha value is -2.89. The normalized spacial score (nSPS) is 14.6. The predicted octanol–water partition coefficient (Wildman–Crippen LogP) is 3.56. The summed E-state index contributed by atoms with van der Waals surface area (Å²) in [6.07, 6.45) is 6.13. The minimum atomic E-state index is 0.0575. The number of ether oxygens (including phenoxy) is 1. The Morgan fingerprint density at radius 3 is 2.93 bits per heavy atom. The van der Waals surface area contributed by atoms with Crippen LogP contribution in [0.5, 0.6) is 5.75 Å². The summed E-state index contributed by atoms with van der Waals surface area (Å²) in [6.45, 7) is 8.88. The first kappa shape index (κ1) is 17.5. The van der Waals surface area contributed by atoms with Crippen molar-refractivity contribution in [3.8, 4) is 5.75 Å². The second-order valence-corrected chi connectivity index (χ2v) is 7.02. The zero-order chi connectivity index (χ0) is 19.0. The molecule has 27 heavy (non-hydrogen) atoms. The Morgan fingerprint density at radius 2 is 2.11 bits per heavy atom. The first-order valence-electron chi connectivity index (χ1n) is 9.05. The quantitative estimate of drug-likeness (QED) is 0.730. The molecule has 0 spiro atoms. The van der Waals surface area contributed by atoms with Crippen LogP contribution in [0.4, 0.5) is 0 Å². The maximum Gasteiger partial charge on any atom is 0.137 e. The van der Waals surface area contributed by atoms with Crippen molar-refractivity contribution in [1.29, 1.82) is 0 Å². The van der Waals surface area contributed by atoms with Crippen molar-refractivity contribution in [1.82, 2.24) is 14.7 Å². The predicted molar refractivity (Wildman–Crippen MR) is 107 cm³/mol. The van der Waals surface area contributed by atoms with Crippen molar-refractivity contribution in [3.63, 3.8) is 0 Å². The highest BCUT2D eigenvalue weighted by atomic mass is 16.5. The number of nitrogens with one attached hydrogen (secondary N) is 1. The number of aliphatic hydroxyl groups is 1. The summed E-state index contributed by atoms with van der Waals surface area (Å²) in [5.74, 6) is 1.38. The number of nitrogens with zero attached hydrogens (tertiary/aromatic N) is 2. The van der Waals surface area contributed by atoms with Crippen molar-refractivity contribution < 1.29 is 9.84 Å². The molecule has 1 aliphatic rings. The summed E-state index contributed by atoms with van der Waals surface area (Å²) in [6, 6.07) is 10.2. The van der Waals surface area contributed by atoms with E-state index in [2.05, 4.69) is 43.2 Å². The highest BCUT2D eigenvalue weighted by Gasteiger charge is 2.19. The Kier molecular flexibility index (Phi) is 4.56. The third-order valence-electron chi connectivity index (χ3n) is 4.71. The van der Waals surface area contributed by atoms with E-state index in [0.717, 1.165) is 33.8 Å². The molecule has 5 heteroatoms. The van der Waals surface area contributed by atoms with Crippen molar-refractivity contribution >= 4 is 17.3 Å². The van der Waals surface area contributed by atoms with Crippen LogP contribution in [0, 0.1) is 6.92 Å². The van der Waals surface area contributed by atoms with Gasteiger partial charge in [-0.1, -0.05) is 24.8 Å². The Labute approximate surface area is 158 Å². The molecule has 4 rings (SSSR count). The second-order valence-electron chi connectivity index (χ2n) is 7.02. The Balaban J connectivity index is 1.64. The monoisotopic (exact) mass is 361 g/mol. The highest BCUT2D eigenvalue weighted by Crippen LogP contribution is 2.36. The topological polar surface area (TPSA) is 58.8 Å². The lowest BCUT2D eigenvalue weighted by Crippen LogP contribution is -2.28. The SMILES string of the molecule is C=C1Oc2cc(CNC(C)CO)ccc2C=C1c1cn2cc(C)ccc2n1. The molecule has 2 aromatic heterocycles. The van der Waals surface area contributed by atoms with E-state index in [1.54, 1.807) is 0 Å². The van der Waals surface area contributed by atoms with Crippen LogP contribution in [0.3, 0.4) is 0 Å². The summed E-state index contributed by atoms with van der Waals surface area (Å²) in [5.41, 5.74) is 5.92. The second kappa shape index (κ2) is 7.02. The van der Waals surface area contributed by atoms with Crippen LogP contribution >= 0.6 is 0 Å². The summed E-state index contributed by atoms with van der Waals surface area (Å²) in [4.78, 5) is 4.70. The maximum atomic E-state index is 9.13. The number of allylic oxidation sites excluding steroid dienone is 1. The van der Waals surface area contributed by atoms with Gasteiger partial charge in [0, 0.05) is 36.1 Å². The molecule has 138 valence electrons. The molecule has 0 saturated heterocycles. The standard InChI is InChI=1S/C22H23N3O2/c1-14-4-7-22-24-20(12-25(22)11-14)19-9-18-6-5-17(10-23-15(2)13-26)8-21(18)27-16(19)3/h4-9,11-12,15,23,26H,3,10,13H2,1-2H3. The van der Waals surface area contributed by atoms with E-state index < -0.39 is 0 Å². The van der Waals surface area contributed by atoms with Crippen molar-refractivity contribution in [3.05, 3.63) is 77.4 Å². The largest absolute Gasteiger partial charge is 0.457 e. The van der Waals surface area contributed by atoms with Crippen molar-refractivity contribution in [2.45, 2.75) is 26.4 Å². The lowest BCUT2D eigenvalue weighted by molar-refractivity contribution is 0.251. The third-order valence-corrected chi connectivity index (χ3v) is 4.71. The number of pyridine rings is 1. The first-order chi connectivity index (χ1) is 13.0. The molecule has 0 saturated carbocycles. The fraction of sp³-hybridized carbons (Fsp3) is 0.227. The fourth-order valence-corrected chi connectivity index (χ4v) is 3.13. The van der Waals surface area contributed by atoms with E-state index >= 15 is 0 Å². The van der Waals surface area contributed by atoms with Crippen molar-refractivity contribution in [2.75, 3.05) is 6.61 Å². The molecule has 1 aliphatic heterocycles. The molecule has 0 bridgehead atoms. The summed E-state index contributed by atoms with van der Waals surface area (Å²) in [7, 11) is 0. The lowest BCUT2D eigenvalue weighted by Gasteiger charge is -2.20. The summed E-state index contributed by atoms with van der Waals surface area (Å²) in [5, 5.41) is 12.4. The Bertz CT molecular complexity index is 1050. The number of fused-ring (bicyclic) bond motifs is 2. The van der Waals surface area contributed by atoms with Crippen LogP contribution in [0.15, 0.2) is 55.1 Å². The van der Waals surface area contributed by atoms with Gasteiger partial charge >= 0.3 is 0 Å². The fourth-order valence-electron chi connectivity index (χ4n) is 3.13. The van der Waals surface area contributed by atoms with Gasteiger partial charge in [0.15, 0.2) is 0 Å². The molecule has 1 atom stereocenters. The molecule has 0 amide bonds. The van der Waals surface area contributed by atoms with E-state index in [4.69, 9.17) is 14.8 Å². The van der Waals surface area contributed by atoms with Crippen LogP contribution in [0.25, 0.3) is 17.3 Å². The molecule has 1 aromatic carbocycles. The number of aryl methyl sites for hydroxylation is 1. The molecule has 3 heterocycles. The third kappa shape index (κ3) is 3.52. The highest BCUT2D eigenvalue weighted by molar-refractivity contribution is 5.92. The van der Waals surface area contributed by atoms with Gasteiger partial charge in [0.25, 0.3) is 0 Å². The van der Waals surface area contributed by atoms with Crippen LogP contribution < -0.4 is 10.1 Å². The Morgan fingerprint density at radius 1 is 1.26 bits per heavy atom. The first-order valence-corrected chi connectivity index (χ1v) is 9.05. The van der Waals surface area contributed by atoms with Gasteiger partial charge in [-0.15, -0.1) is 0 Å². The molecular formula is C22H23N3O2. The number of hydrogen-bond donors (Lipinski definition) is 2. The maximum absolute atomic E-state index is 9.13. The summed E-state index contributed by atoms with van der Waals surface area (Å²) >= 11 is 0. The van der Waals surface area contributed by atoms with Gasteiger partial charge in [-0.3, -0.25) is 0 Å². The van der Waals surface area contributed by atoms with E-state index in [9.17, 15) is 0 Å². The van der Waals surface area contributed by atoms with Gasteiger partial charge in [-0.2, -0.15) is 0 Å². The number of benzene rings is 1. The van der Waals surface area contributed by atoms with E-state index in [1.807, 2.05) is 35.7 Å². The molecule has 3 aromatic rings. The molecule has 0 aliphatic carbocycles. The number of imidazole rings is 1. The van der Waals surface area contributed by atoms with Gasteiger partial charge in [-0.25, -0.2) is 4.98 Å². The van der Waals surface area contributed by atoms with Gasteiger partial charge in [0.05, 0.1) is 12.3 Å². The lowest BCUT2D eigenvalue weighted by atomic mass is 10.0. The molecular weight excluding hydrogens is 338 g/mol. The van der Waals surface area contributed by atoms with Gasteiger partial charge in [-0.05, 0) is 43.2 Å². The van der Waals surface area contributed by atoms with E-state index in [1.165, 1.54) is 5.56 Å². The van der Waals surface area contributed by atoms with Crippen molar-refractivity contribution in [2.24, 2.45) is 0 Å². The average Bonchev–Trinajstić information content (AvgIpc) is 3.08. The molecule has 0 radical (unpaired) electrons. The van der Waals surface area contributed by atoms with E-state index in [0.29, 0.717) is 12.3 Å². The number of aromatic nitrogens is 2. The van der Waals surface area contributed by atoms with Gasteiger partial charge < -0.3 is 19.6 Å². The van der Waals surface area contributed by atoms with E-state index in [-0.39, 0.29) is 12.6 Å². The van der Waals surface area contributed by atoms with Crippen LogP contribution in [0.1, 0.15) is 29.3 Å². The smallest absolute Gasteiger partial charge is 0.137 e. The summed E-state index contributed by atoms with van der Waals surface area (Å²) < 4.78 is 8.02. The zero-order valence-electron chi connectivity index (χ0n) is 15.6.